The second-order valence-electron chi connectivity index (χ2n) is 4.89. The molecule has 1 aromatic carbocycles. The van der Waals surface area contributed by atoms with Crippen molar-refractivity contribution in [2.24, 2.45) is 0 Å². The van der Waals surface area contributed by atoms with Crippen molar-refractivity contribution in [2.45, 2.75) is 39.4 Å². The van der Waals surface area contributed by atoms with Gasteiger partial charge in [-0.1, -0.05) is 19.9 Å². The summed E-state index contributed by atoms with van der Waals surface area (Å²) in [4.78, 5) is 0. The molecule has 1 N–H and O–H groups in total. The van der Waals surface area contributed by atoms with Crippen LogP contribution in [0.15, 0.2) is 30.5 Å². The van der Waals surface area contributed by atoms with Gasteiger partial charge < -0.3 is 9.88 Å². The van der Waals surface area contributed by atoms with Crippen LogP contribution in [-0.4, -0.2) is 10.6 Å². The van der Waals surface area contributed by atoms with Crippen molar-refractivity contribution in [3.05, 3.63) is 36.0 Å². The lowest BCUT2D eigenvalue weighted by molar-refractivity contribution is 0.589. The largest absolute Gasteiger partial charge is 0.347 e. The van der Waals surface area contributed by atoms with E-state index >= 15 is 0 Å². The topological polar surface area (TPSA) is 17.0 Å². The second kappa shape index (κ2) is 5.75. The SMILES string of the molecule is C#CCCn1ccc2cc(CNC(C)C)ccc21. The van der Waals surface area contributed by atoms with Gasteiger partial charge in [-0.2, -0.15) is 0 Å². The number of benzene rings is 1. The third-order valence-electron chi connectivity index (χ3n) is 3.05. The molecular formula is C16H20N2. The molecule has 0 unspecified atom stereocenters. The van der Waals surface area contributed by atoms with Crippen LogP contribution in [0.5, 0.6) is 0 Å². The molecule has 2 aromatic rings. The van der Waals surface area contributed by atoms with Crippen molar-refractivity contribution in [2.75, 3.05) is 0 Å². The molecule has 0 saturated heterocycles. The molecule has 0 bridgehead atoms. The smallest absolute Gasteiger partial charge is 0.0480 e. The van der Waals surface area contributed by atoms with Crippen molar-refractivity contribution in [1.82, 2.24) is 9.88 Å². The molecule has 2 heteroatoms. The number of aromatic nitrogens is 1. The summed E-state index contributed by atoms with van der Waals surface area (Å²) in [5.74, 6) is 2.68. The summed E-state index contributed by atoms with van der Waals surface area (Å²) in [7, 11) is 0. The summed E-state index contributed by atoms with van der Waals surface area (Å²) in [6.45, 7) is 6.14. The van der Waals surface area contributed by atoms with Gasteiger partial charge >= 0.3 is 0 Å². The normalized spacial score (nSPS) is 11.0. The van der Waals surface area contributed by atoms with Crippen molar-refractivity contribution in [3.8, 4) is 12.3 Å². The van der Waals surface area contributed by atoms with Gasteiger partial charge in [-0.3, -0.25) is 0 Å². The number of nitrogens with zero attached hydrogens (tertiary/aromatic N) is 1. The predicted molar refractivity (Wildman–Crippen MR) is 77.4 cm³/mol. The Hall–Kier alpha value is -1.72. The zero-order chi connectivity index (χ0) is 13.0. The number of rotatable bonds is 5. The van der Waals surface area contributed by atoms with E-state index in [1.54, 1.807) is 0 Å². The van der Waals surface area contributed by atoms with Crippen LogP contribution in [0.2, 0.25) is 0 Å². The maximum atomic E-state index is 5.31. The lowest BCUT2D eigenvalue weighted by atomic mass is 10.1. The summed E-state index contributed by atoms with van der Waals surface area (Å²) in [5.41, 5.74) is 2.59. The van der Waals surface area contributed by atoms with Crippen LogP contribution >= 0.6 is 0 Å². The highest BCUT2D eigenvalue weighted by Gasteiger charge is 2.02. The third kappa shape index (κ3) is 2.94. The molecule has 0 aliphatic carbocycles. The van der Waals surface area contributed by atoms with Crippen molar-refractivity contribution < 1.29 is 0 Å². The Balaban J connectivity index is 2.17. The molecule has 0 fully saturated rings. The molecule has 2 nitrogen and oxygen atoms in total. The maximum absolute atomic E-state index is 5.31. The van der Waals surface area contributed by atoms with E-state index in [1.165, 1.54) is 16.5 Å². The summed E-state index contributed by atoms with van der Waals surface area (Å²) >= 11 is 0. The summed E-state index contributed by atoms with van der Waals surface area (Å²) in [6.07, 6.45) is 8.20. The lowest BCUT2D eigenvalue weighted by Gasteiger charge is -2.08. The van der Waals surface area contributed by atoms with Crippen LogP contribution in [0.25, 0.3) is 10.9 Å². The zero-order valence-electron chi connectivity index (χ0n) is 11.1. The highest BCUT2D eigenvalue weighted by atomic mass is 14.9. The highest BCUT2D eigenvalue weighted by molar-refractivity contribution is 5.80. The first kappa shape index (κ1) is 12.7. The Labute approximate surface area is 109 Å². The van der Waals surface area contributed by atoms with Crippen LogP contribution in [-0.2, 0) is 13.1 Å². The minimum atomic E-state index is 0.515. The standard InChI is InChI=1S/C16H20N2/c1-4-5-9-18-10-8-15-11-14(6-7-16(15)18)12-17-13(2)3/h1,6-8,10-11,13,17H,5,9,12H2,2-3H3. The highest BCUT2D eigenvalue weighted by Crippen LogP contribution is 2.18. The number of fused-ring (bicyclic) bond motifs is 1. The van der Waals surface area contributed by atoms with E-state index < -0.39 is 0 Å². The van der Waals surface area contributed by atoms with Gasteiger partial charge in [0.15, 0.2) is 0 Å². The molecule has 0 saturated carbocycles. The number of aryl methyl sites for hydroxylation is 1. The summed E-state index contributed by atoms with van der Waals surface area (Å²) in [5, 5.41) is 4.72. The molecule has 2 rings (SSSR count). The third-order valence-corrected chi connectivity index (χ3v) is 3.05. The van der Waals surface area contributed by atoms with Crippen LogP contribution in [0.3, 0.4) is 0 Å². The Morgan fingerprint density at radius 2 is 2.17 bits per heavy atom. The summed E-state index contributed by atoms with van der Waals surface area (Å²) in [6, 6.07) is 9.29. The molecule has 0 radical (unpaired) electrons. The van der Waals surface area contributed by atoms with Gasteiger partial charge in [-0.25, -0.2) is 0 Å². The van der Waals surface area contributed by atoms with Crippen LogP contribution in [0.1, 0.15) is 25.8 Å². The fraction of sp³-hybridized carbons (Fsp3) is 0.375. The van der Waals surface area contributed by atoms with E-state index in [4.69, 9.17) is 6.42 Å². The van der Waals surface area contributed by atoms with Crippen LogP contribution < -0.4 is 5.32 Å². The average Bonchev–Trinajstić information content (AvgIpc) is 2.76. The maximum Gasteiger partial charge on any atom is 0.0480 e. The molecule has 1 heterocycles. The van der Waals surface area contributed by atoms with E-state index in [1.807, 2.05) is 0 Å². The minimum absolute atomic E-state index is 0.515. The molecule has 0 aliphatic rings. The monoisotopic (exact) mass is 240 g/mol. The van der Waals surface area contributed by atoms with Gasteiger partial charge in [0.25, 0.3) is 0 Å². The molecule has 0 amide bonds. The van der Waals surface area contributed by atoms with E-state index in [9.17, 15) is 0 Å². The number of hydrogen-bond donors (Lipinski definition) is 1. The van der Waals surface area contributed by atoms with E-state index in [2.05, 4.69) is 60.1 Å². The molecule has 0 spiro atoms. The molecule has 0 atom stereocenters. The second-order valence-corrected chi connectivity index (χ2v) is 4.89. The summed E-state index contributed by atoms with van der Waals surface area (Å²) < 4.78 is 2.22. The quantitative estimate of drug-likeness (QED) is 0.794. The van der Waals surface area contributed by atoms with Gasteiger partial charge in [-0.15, -0.1) is 12.3 Å². The number of terminal acetylenes is 1. The van der Waals surface area contributed by atoms with Crippen LogP contribution in [0.4, 0.5) is 0 Å². The molecule has 18 heavy (non-hydrogen) atoms. The molecular weight excluding hydrogens is 220 g/mol. The molecule has 0 aliphatic heterocycles. The van der Waals surface area contributed by atoms with Crippen LogP contribution in [0, 0.1) is 12.3 Å². The Kier molecular flexibility index (Phi) is 4.07. The Bertz CT molecular complexity index is 558. The Morgan fingerprint density at radius 1 is 1.33 bits per heavy atom. The molecule has 94 valence electrons. The number of nitrogens with one attached hydrogen (secondary N) is 1. The first-order valence-corrected chi connectivity index (χ1v) is 6.45. The first-order chi connectivity index (χ1) is 8.70. The molecule has 1 aromatic heterocycles. The van der Waals surface area contributed by atoms with Gasteiger partial charge in [0.2, 0.25) is 0 Å². The van der Waals surface area contributed by atoms with E-state index in [0.717, 1.165) is 19.5 Å². The van der Waals surface area contributed by atoms with Crippen molar-refractivity contribution in [1.29, 1.82) is 0 Å². The van der Waals surface area contributed by atoms with Crippen molar-refractivity contribution in [3.63, 3.8) is 0 Å². The fourth-order valence-electron chi connectivity index (χ4n) is 2.06. The number of hydrogen-bond acceptors (Lipinski definition) is 1. The van der Waals surface area contributed by atoms with Gasteiger partial charge in [0.05, 0.1) is 0 Å². The van der Waals surface area contributed by atoms with Gasteiger partial charge in [0.1, 0.15) is 0 Å². The van der Waals surface area contributed by atoms with E-state index in [-0.39, 0.29) is 0 Å². The lowest BCUT2D eigenvalue weighted by Crippen LogP contribution is -2.21. The fourth-order valence-corrected chi connectivity index (χ4v) is 2.06. The average molecular weight is 240 g/mol. The van der Waals surface area contributed by atoms with Crippen molar-refractivity contribution >= 4 is 10.9 Å². The first-order valence-electron chi connectivity index (χ1n) is 6.45. The minimum Gasteiger partial charge on any atom is -0.347 e. The zero-order valence-corrected chi connectivity index (χ0v) is 11.1. The Morgan fingerprint density at radius 3 is 2.89 bits per heavy atom. The van der Waals surface area contributed by atoms with E-state index in [0.29, 0.717) is 6.04 Å². The van der Waals surface area contributed by atoms with Gasteiger partial charge in [-0.05, 0) is 29.1 Å². The van der Waals surface area contributed by atoms with Gasteiger partial charge in [0, 0.05) is 37.3 Å². The predicted octanol–water partition coefficient (Wildman–Crippen LogP) is 3.16.